The summed E-state index contributed by atoms with van der Waals surface area (Å²) in [5.41, 5.74) is 3.28. The minimum absolute atomic E-state index is 0.227. The number of nitrogens with zero attached hydrogens (tertiary/aromatic N) is 5. The molecule has 1 saturated heterocycles. The fourth-order valence-corrected chi connectivity index (χ4v) is 3.36. The molecule has 7 heteroatoms. The molecular formula is C22H24N6O. The Morgan fingerprint density at radius 3 is 2.48 bits per heavy atom. The fourth-order valence-electron chi connectivity index (χ4n) is 3.36. The highest BCUT2D eigenvalue weighted by Gasteiger charge is 2.21. The molecule has 1 N–H and O–H groups in total. The summed E-state index contributed by atoms with van der Waals surface area (Å²) in [6.45, 7) is 7.19. The highest BCUT2D eigenvalue weighted by atomic mass is 16.1. The lowest BCUT2D eigenvalue weighted by Crippen LogP contribution is -2.47. The number of hydrogen-bond donors (Lipinski definition) is 1. The van der Waals surface area contributed by atoms with E-state index in [1.165, 1.54) is 0 Å². The van der Waals surface area contributed by atoms with Crippen molar-refractivity contribution < 1.29 is 4.79 Å². The molecule has 0 radical (unpaired) electrons. The van der Waals surface area contributed by atoms with E-state index in [1.54, 1.807) is 12.3 Å². The van der Waals surface area contributed by atoms with Gasteiger partial charge in [0.05, 0.1) is 0 Å². The molecule has 148 valence electrons. The molecule has 1 fully saturated rings. The van der Waals surface area contributed by atoms with Crippen LogP contribution in [-0.2, 0) is 0 Å². The van der Waals surface area contributed by atoms with Crippen molar-refractivity contribution in [2.45, 2.75) is 13.8 Å². The Morgan fingerprint density at radius 2 is 1.72 bits per heavy atom. The molecule has 3 aromatic rings. The molecule has 1 aliphatic rings. The standard InChI is InChI=1S/C22H24N6O/c1-16-6-7-17(2)19(15-16)25-21(29)18-8-10-24-22(26-18)28-13-11-27(12-14-28)20-5-3-4-9-23-20/h3-10,15H,11-14H2,1-2H3,(H,25,29). The van der Waals surface area contributed by atoms with Crippen molar-refractivity contribution in [3.8, 4) is 0 Å². The van der Waals surface area contributed by atoms with E-state index in [1.807, 2.05) is 56.4 Å². The van der Waals surface area contributed by atoms with E-state index in [2.05, 4.69) is 30.1 Å². The molecule has 1 aliphatic heterocycles. The number of benzene rings is 1. The van der Waals surface area contributed by atoms with Crippen molar-refractivity contribution in [2.75, 3.05) is 41.3 Å². The van der Waals surface area contributed by atoms with E-state index in [0.29, 0.717) is 11.6 Å². The molecule has 0 saturated carbocycles. The number of rotatable bonds is 4. The highest BCUT2D eigenvalue weighted by Crippen LogP contribution is 2.19. The molecule has 29 heavy (non-hydrogen) atoms. The summed E-state index contributed by atoms with van der Waals surface area (Å²) >= 11 is 0. The van der Waals surface area contributed by atoms with Crippen molar-refractivity contribution in [1.29, 1.82) is 0 Å². The molecule has 0 atom stereocenters. The van der Waals surface area contributed by atoms with Crippen LogP contribution in [0.5, 0.6) is 0 Å². The number of piperazine rings is 1. The second kappa shape index (κ2) is 8.26. The number of aryl methyl sites for hydroxylation is 2. The summed E-state index contributed by atoms with van der Waals surface area (Å²) in [6.07, 6.45) is 3.45. The van der Waals surface area contributed by atoms with Crippen LogP contribution in [-0.4, -0.2) is 47.0 Å². The number of carbonyl (C=O) groups is 1. The number of aromatic nitrogens is 3. The highest BCUT2D eigenvalue weighted by molar-refractivity contribution is 6.03. The largest absolute Gasteiger partial charge is 0.353 e. The first-order valence-corrected chi connectivity index (χ1v) is 9.73. The van der Waals surface area contributed by atoms with Crippen LogP contribution in [0.4, 0.5) is 17.5 Å². The Labute approximate surface area is 170 Å². The summed E-state index contributed by atoms with van der Waals surface area (Å²) in [5, 5.41) is 2.96. The maximum atomic E-state index is 12.7. The van der Waals surface area contributed by atoms with Crippen LogP contribution in [0.25, 0.3) is 0 Å². The smallest absolute Gasteiger partial charge is 0.274 e. The predicted octanol–water partition coefficient (Wildman–Crippen LogP) is 3.07. The van der Waals surface area contributed by atoms with Gasteiger partial charge in [0.15, 0.2) is 0 Å². The van der Waals surface area contributed by atoms with Crippen LogP contribution >= 0.6 is 0 Å². The molecule has 2 aromatic heterocycles. The monoisotopic (exact) mass is 388 g/mol. The van der Waals surface area contributed by atoms with Crippen LogP contribution in [0.1, 0.15) is 21.6 Å². The van der Waals surface area contributed by atoms with Crippen molar-refractivity contribution in [3.05, 3.63) is 71.7 Å². The number of nitrogens with one attached hydrogen (secondary N) is 1. The fraction of sp³-hybridized carbons (Fsp3) is 0.273. The number of pyridine rings is 1. The lowest BCUT2D eigenvalue weighted by molar-refractivity contribution is 0.102. The van der Waals surface area contributed by atoms with Crippen LogP contribution in [0, 0.1) is 13.8 Å². The molecule has 3 heterocycles. The Hall–Kier alpha value is -3.48. The van der Waals surface area contributed by atoms with E-state index in [9.17, 15) is 4.79 Å². The van der Waals surface area contributed by atoms with Gasteiger partial charge in [0.25, 0.3) is 5.91 Å². The van der Waals surface area contributed by atoms with Gasteiger partial charge in [-0.1, -0.05) is 18.2 Å². The molecule has 1 aromatic carbocycles. The molecular weight excluding hydrogens is 364 g/mol. The van der Waals surface area contributed by atoms with E-state index >= 15 is 0 Å². The maximum Gasteiger partial charge on any atom is 0.274 e. The Kier molecular flexibility index (Phi) is 5.37. The van der Waals surface area contributed by atoms with Crippen molar-refractivity contribution in [2.24, 2.45) is 0 Å². The number of amides is 1. The molecule has 0 unspecified atom stereocenters. The van der Waals surface area contributed by atoms with Gasteiger partial charge in [-0.05, 0) is 49.2 Å². The zero-order valence-corrected chi connectivity index (χ0v) is 16.7. The Balaban J connectivity index is 1.44. The van der Waals surface area contributed by atoms with Crippen molar-refractivity contribution >= 4 is 23.4 Å². The summed E-state index contributed by atoms with van der Waals surface area (Å²) in [4.78, 5) is 30.4. The second-order valence-electron chi connectivity index (χ2n) is 7.18. The van der Waals surface area contributed by atoms with E-state index in [0.717, 1.165) is 48.8 Å². The van der Waals surface area contributed by atoms with Gasteiger partial charge in [-0.25, -0.2) is 15.0 Å². The molecule has 0 aliphatic carbocycles. The van der Waals surface area contributed by atoms with Gasteiger partial charge in [-0.3, -0.25) is 4.79 Å². The lowest BCUT2D eigenvalue weighted by atomic mass is 10.1. The average molecular weight is 388 g/mol. The first-order valence-electron chi connectivity index (χ1n) is 9.73. The minimum Gasteiger partial charge on any atom is -0.353 e. The third-order valence-corrected chi connectivity index (χ3v) is 5.05. The summed E-state index contributed by atoms with van der Waals surface area (Å²) < 4.78 is 0. The van der Waals surface area contributed by atoms with Crippen LogP contribution in [0.3, 0.4) is 0 Å². The van der Waals surface area contributed by atoms with Gasteiger partial charge in [0, 0.05) is 44.3 Å². The maximum absolute atomic E-state index is 12.7. The average Bonchev–Trinajstić information content (AvgIpc) is 2.77. The SMILES string of the molecule is Cc1ccc(C)c(NC(=O)c2ccnc(N3CCN(c4ccccn4)CC3)n2)c1. The van der Waals surface area contributed by atoms with E-state index in [-0.39, 0.29) is 5.91 Å². The van der Waals surface area contributed by atoms with Gasteiger partial charge in [-0.2, -0.15) is 0 Å². The quantitative estimate of drug-likeness (QED) is 0.740. The van der Waals surface area contributed by atoms with Crippen molar-refractivity contribution in [1.82, 2.24) is 15.0 Å². The lowest BCUT2D eigenvalue weighted by Gasteiger charge is -2.35. The van der Waals surface area contributed by atoms with Gasteiger partial charge >= 0.3 is 0 Å². The zero-order valence-electron chi connectivity index (χ0n) is 16.7. The van der Waals surface area contributed by atoms with E-state index < -0.39 is 0 Å². The third kappa shape index (κ3) is 4.34. The molecule has 0 bridgehead atoms. The van der Waals surface area contributed by atoms with Gasteiger partial charge in [0.2, 0.25) is 5.95 Å². The topological polar surface area (TPSA) is 74.2 Å². The zero-order chi connectivity index (χ0) is 20.2. The number of anilines is 3. The molecule has 0 spiro atoms. The summed E-state index contributed by atoms with van der Waals surface area (Å²) in [7, 11) is 0. The number of carbonyl (C=O) groups excluding carboxylic acids is 1. The van der Waals surface area contributed by atoms with E-state index in [4.69, 9.17) is 0 Å². The van der Waals surface area contributed by atoms with Crippen LogP contribution < -0.4 is 15.1 Å². The second-order valence-corrected chi connectivity index (χ2v) is 7.18. The molecule has 7 nitrogen and oxygen atoms in total. The summed E-state index contributed by atoms with van der Waals surface area (Å²) in [5.74, 6) is 1.34. The minimum atomic E-state index is -0.227. The van der Waals surface area contributed by atoms with Gasteiger partial charge < -0.3 is 15.1 Å². The normalized spacial score (nSPS) is 14.0. The van der Waals surface area contributed by atoms with Gasteiger partial charge in [-0.15, -0.1) is 0 Å². The van der Waals surface area contributed by atoms with Crippen LogP contribution in [0.15, 0.2) is 54.9 Å². The third-order valence-electron chi connectivity index (χ3n) is 5.05. The first-order chi connectivity index (χ1) is 14.1. The molecule has 1 amide bonds. The number of hydrogen-bond acceptors (Lipinski definition) is 6. The predicted molar refractivity (Wildman–Crippen MR) is 115 cm³/mol. The van der Waals surface area contributed by atoms with Crippen LogP contribution in [0.2, 0.25) is 0 Å². The molecule has 4 rings (SSSR count). The Morgan fingerprint density at radius 1 is 0.931 bits per heavy atom. The van der Waals surface area contributed by atoms with Crippen molar-refractivity contribution in [3.63, 3.8) is 0 Å². The van der Waals surface area contributed by atoms with Gasteiger partial charge in [0.1, 0.15) is 11.5 Å². The Bertz CT molecular complexity index is 999. The first kappa shape index (κ1) is 18.9. The summed E-state index contributed by atoms with van der Waals surface area (Å²) in [6, 6.07) is 13.6.